The Labute approximate surface area is 113 Å². The molecule has 0 aliphatic rings. The fraction of sp³-hybridized carbons (Fsp3) is 0.312. The lowest BCUT2D eigenvalue weighted by atomic mass is 10.1. The summed E-state index contributed by atoms with van der Waals surface area (Å²) in [7, 11) is 0. The highest BCUT2D eigenvalue weighted by molar-refractivity contribution is 5.87. The highest BCUT2D eigenvalue weighted by Crippen LogP contribution is 2.21. The van der Waals surface area contributed by atoms with E-state index in [1.165, 1.54) is 11.1 Å². The van der Waals surface area contributed by atoms with Crippen LogP contribution in [0.2, 0.25) is 0 Å². The summed E-state index contributed by atoms with van der Waals surface area (Å²) in [4.78, 5) is 11.9. The van der Waals surface area contributed by atoms with Crippen LogP contribution in [-0.4, -0.2) is 17.1 Å². The van der Waals surface area contributed by atoms with E-state index in [1.54, 1.807) is 6.07 Å². The van der Waals surface area contributed by atoms with Crippen LogP contribution in [0.3, 0.4) is 0 Å². The number of aryl methyl sites for hydroxylation is 1. The number of ether oxygens (including phenoxy) is 1. The summed E-state index contributed by atoms with van der Waals surface area (Å²) in [5.74, 6) is -0.272. The van der Waals surface area contributed by atoms with Gasteiger partial charge in [0.25, 0.3) is 0 Å². The van der Waals surface area contributed by atoms with Crippen LogP contribution in [0.4, 0.5) is 0 Å². The van der Waals surface area contributed by atoms with Gasteiger partial charge in [0, 0.05) is 6.20 Å². The molecule has 0 spiro atoms. The summed E-state index contributed by atoms with van der Waals surface area (Å²) in [5, 5.41) is 0. The molecule has 3 nitrogen and oxygen atoms in total. The number of aromatic nitrogens is 1. The number of nitrogens with zero attached hydrogens (tertiary/aromatic N) is 1. The number of hydrogen-bond donors (Lipinski definition) is 0. The fourth-order valence-electron chi connectivity index (χ4n) is 2.12. The zero-order chi connectivity index (χ0) is 13.8. The van der Waals surface area contributed by atoms with Crippen molar-refractivity contribution in [3.05, 3.63) is 59.4 Å². The maximum absolute atomic E-state index is 11.9. The third-order valence-electron chi connectivity index (χ3n) is 3.24. The van der Waals surface area contributed by atoms with Crippen molar-refractivity contribution < 1.29 is 9.53 Å². The summed E-state index contributed by atoms with van der Waals surface area (Å²) in [5.41, 5.74) is 3.00. The lowest BCUT2D eigenvalue weighted by Crippen LogP contribution is -2.15. The van der Waals surface area contributed by atoms with Crippen LogP contribution in [0, 0.1) is 6.92 Å². The van der Waals surface area contributed by atoms with Crippen LogP contribution in [0.15, 0.2) is 42.6 Å². The van der Waals surface area contributed by atoms with Crippen LogP contribution in [0.1, 0.15) is 41.5 Å². The lowest BCUT2D eigenvalue weighted by molar-refractivity contribution is 0.0512. The summed E-state index contributed by atoms with van der Waals surface area (Å²) in [6, 6.07) is 12.1. The molecule has 0 saturated carbocycles. The average Bonchev–Trinajstić information content (AvgIpc) is 2.88. The smallest absolute Gasteiger partial charge is 0.354 e. The third kappa shape index (κ3) is 2.87. The van der Waals surface area contributed by atoms with Crippen LogP contribution in [0.25, 0.3) is 0 Å². The first kappa shape index (κ1) is 13.4. The van der Waals surface area contributed by atoms with E-state index in [0.29, 0.717) is 12.3 Å². The minimum atomic E-state index is -0.272. The Kier molecular flexibility index (Phi) is 4.05. The predicted octanol–water partition coefficient (Wildman–Crippen LogP) is 3.58. The van der Waals surface area contributed by atoms with E-state index in [-0.39, 0.29) is 12.0 Å². The standard InChI is InChI=1S/C16H19NO2/c1-4-19-16(18)15-6-5-11-17(15)13(3)14-9-7-12(2)8-10-14/h5-11,13H,4H2,1-3H3. The van der Waals surface area contributed by atoms with Gasteiger partial charge in [-0.05, 0) is 38.5 Å². The molecule has 0 fully saturated rings. The monoisotopic (exact) mass is 257 g/mol. The maximum atomic E-state index is 11.9. The van der Waals surface area contributed by atoms with Crippen molar-refractivity contribution in [3.8, 4) is 0 Å². The zero-order valence-electron chi connectivity index (χ0n) is 11.6. The molecular weight excluding hydrogens is 238 g/mol. The predicted molar refractivity (Wildman–Crippen MR) is 75.4 cm³/mol. The molecule has 0 saturated heterocycles. The van der Waals surface area contributed by atoms with E-state index >= 15 is 0 Å². The number of carbonyl (C=O) groups excluding carboxylic acids is 1. The quantitative estimate of drug-likeness (QED) is 0.784. The van der Waals surface area contributed by atoms with Crippen molar-refractivity contribution in [3.63, 3.8) is 0 Å². The molecule has 1 unspecified atom stereocenters. The largest absolute Gasteiger partial charge is 0.461 e. The van der Waals surface area contributed by atoms with Crippen LogP contribution < -0.4 is 0 Å². The van der Waals surface area contributed by atoms with E-state index in [0.717, 1.165) is 0 Å². The normalized spacial score (nSPS) is 12.2. The molecule has 1 aromatic carbocycles. The molecule has 0 N–H and O–H groups in total. The van der Waals surface area contributed by atoms with Crippen molar-refractivity contribution in [2.24, 2.45) is 0 Å². The van der Waals surface area contributed by atoms with Crippen molar-refractivity contribution >= 4 is 5.97 Å². The van der Waals surface area contributed by atoms with E-state index < -0.39 is 0 Å². The van der Waals surface area contributed by atoms with Gasteiger partial charge in [-0.1, -0.05) is 29.8 Å². The number of carbonyl (C=O) groups is 1. The molecule has 0 amide bonds. The Balaban J connectivity index is 2.29. The topological polar surface area (TPSA) is 31.2 Å². The van der Waals surface area contributed by atoms with Crippen molar-refractivity contribution in [1.82, 2.24) is 4.57 Å². The third-order valence-corrected chi connectivity index (χ3v) is 3.24. The highest BCUT2D eigenvalue weighted by atomic mass is 16.5. The Morgan fingerprint density at radius 2 is 1.95 bits per heavy atom. The van der Waals surface area contributed by atoms with Crippen LogP contribution in [-0.2, 0) is 4.74 Å². The van der Waals surface area contributed by atoms with Gasteiger partial charge in [-0.2, -0.15) is 0 Å². The fourth-order valence-corrected chi connectivity index (χ4v) is 2.12. The Bertz CT molecular complexity index is 554. The molecule has 0 radical (unpaired) electrons. The first-order valence-electron chi connectivity index (χ1n) is 6.54. The molecule has 1 aromatic heterocycles. The first-order valence-corrected chi connectivity index (χ1v) is 6.54. The molecule has 0 bridgehead atoms. The second-order valence-corrected chi connectivity index (χ2v) is 4.61. The van der Waals surface area contributed by atoms with E-state index in [2.05, 4.69) is 38.1 Å². The van der Waals surface area contributed by atoms with Gasteiger partial charge in [-0.3, -0.25) is 0 Å². The minimum Gasteiger partial charge on any atom is -0.461 e. The minimum absolute atomic E-state index is 0.106. The summed E-state index contributed by atoms with van der Waals surface area (Å²) in [6.07, 6.45) is 1.91. The van der Waals surface area contributed by atoms with Crippen molar-refractivity contribution in [2.75, 3.05) is 6.61 Å². The van der Waals surface area contributed by atoms with Gasteiger partial charge >= 0.3 is 5.97 Å². The molecular formula is C16H19NO2. The van der Waals surface area contributed by atoms with E-state index in [4.69, 9.17) is 4.74 Å². The second-order valence-electron chi connectivity index (χ2n) is 4.61. The Morgan fingerprint density at radius 3 is 2.58 bits per heavy atom. The molecule has 2 aromatic rings. The number of rotatable bonds is 4. The summed E-state index contributed by atoms with van der Waals surface area (Å²) < 4.78 is 7.02. The molecule has 1 heterocycles. The van der Waals surface area contributed by atoms with Crippen LogP contribution in [0.5, 0.6) is 0 Å². The number of hydrogen-bond acceptors (Lipinski definition) is 2. The van der Waals surface area contributed by atoms with Gasteiger partial charge in [0.2, 0.25) is 0 Å². The zero-order valence-corrected chi connectivity index (χ0v) is 11.6. The van der Waals surface area contributed by atoms with Crippen molar-refractivity contribution in [1.29, 1.82) is 0 Å². The first-order chi connectivity index (χ1) is 9.13. The molecule has 1 atom stereocenters. The number of benzene rings is 1. The average molecular weight is 257 g/mol. The molecule has 0 aliphatic carbocycles. The molecule has 2 rings (SSSR count). The molecule has 19 heavy (non-hydrogen) atoms. The van der Waals surface area contributed by atoms with Gasteiger partial charge in [-0.15, -0.1) is 0 Å². The highest BCUT2D eigenvalue weighted by Gasteiger charge is 2.16. The lowest BCUT2D eigenvalue weighted by Gasteiger charge is -2.17. The SMILES string of the molecule is CCOC(=O)c1cccn1C(C)c1ccc(C)cc1. The van der Waals surface area contributed by atoms with Gasteiger partial charge in [-0.25, -0.2) is 4.79 Å². The summed E-state index contributed by atoms with van der Waals surface area (Å²) in [6.45, 7) is 6.35. The molecule has 3 heteroatoms. The second kappa shape index (κ2) is 5.74. The van der Waals surface area contributed by atoms with Gasteiger partial charge in [0.15, 0.2) is 0 Å². The Hall–Kier alpha value is -2.03. The molecule has 0 aliphatic heterocycles. The van der Waals surface area contributed by atoms with E-state index in [1.807, 2.05) is 23.8 Å². The van der Waals surface area contributed by atoms with Gasteiger partial charge < -0.3 is 9.30 Å². The number of esters is 1. The summed E-state index contributed by atoms with van der Waals surface area (Å²) >= 11 is 0. The maximum Gasteiger partial charge on any atom is 0.354 e. The van der Waals surface area contributed by atoms with Crippen molar-refractivity contribution in [2.45, 2.75) is 26.8 Å². The van der Waals surface area contributed by atoms with Gasteiger partial charge in [0.05, 0.1) is 12.6 Å². The van der Waals surface area contributed by atoms with E-state index in [9.17, 15) is 4.79 Å². The Morgan fingerprint density at radius 1 is 1.26 bits per heavy atom. The molecule has 100 valence electrons. The van der Waals surface area contributed by atoms with Crippen LogP contribution >= 0.6 is 0 Å². The van der Waals surface area contributed by atoms with Gasteiger partial charge in [0.1, 0.15) is 5.69 Å².